The van der Waals surface area contributed by atoms with Crippen molar-refractivity contribution in [3.05, 3.63) is 313 Å². The lowest BCUT2D eigenvalue weighted by molar-refractivity contribution is 0.587. The third-order valence-corrected chi connectivity index (χ3v) is 24.2. The van der Waals surface area contributed by atoms with Crippen LogP contribution in [0.2, 0.25) is 0 Å². The summed E-state index contributed by atoms with van der Waals surface area (Å²) in [4.78, 5) is 0. The molecular weight excluding hydrogens is 1360 g/mol. The molecule has 0 fully saturated rings. The summed E-state index contributed by atoms with van der Waals surface area (Å²) in [5.74, 6) is 1.80. The number of rotatable bonds is 6. The van der Waals surface area contributed by atoms with Crippen molar-refractivity contribution in [1.82, 2.24) is 0 Å². The van der Waals surface area contributed by atoms with Gasteiger partial charge in [0.05, 0.1) is 0 Å². The van der Waals surface area contributed by atoms with Crippen molar-refractivity contribution in [3.8, 4) is 67.2 Å². The van der Waals surface area contributed by atoms with Crippen LogP contribution in [-0.2, 0) is 21.7 Å². The van der Waals surface area contributed by atoms with Gasteiger partial charge in [0.15, 0.2) is 0 Å². The maximum atomic E-state index is 7.07. The first kappa shape index (κ1) is 67.4. The zero-order chi connectivity index (χ0) is 76.2. The molecule has 4 heterocycles. The summed E-state index contributed by atoms with van der Waals surface area (Å²) in [6, 6.07) is 107. The summed E-state index contributed by atoms with van der Waals surface area (Å²) < 4.78 is 28.3. The Bertz CT molecular complexity index is 7140. The van der Waals surface area contributed by atoms with E-state index >= 15 is 0 Å². The fourth-order valence-corrected chi connectivity index (χ4v) is 18.2. The topological polar surface area (TPSA) is 52.6 Å². The van der Waals surface area contributed by atoms with E-state index in [0.717, 1.165) is 132 Å². The lowest BCUT2D eigenvalue weighted by Gasteiger charge is -2.19. The zero-order valence-electron chi connectivity index (χ0n) is 65.3. The lowest BCUT2D eigenvalue weighted by atomic mass is 9.83. The van der Waals surface area contributed by atoms with Crippen LogP contribution in [0.15, 0.2) is 309 Å². The van der Waals surface area contributed by atoms with Crippen LogP contribution in [-0.4, -0.2) is 0 Å². The van der Waals surface area contributed by atoms with Crippen LogP contribution >= 0.6 is 0 Å². The van der Waals surface area contributed by atoms with Crippen LogP contribution in [0.25, 0.3) is 219 Å². The predicted octanol–water partition coefficient (Wildman–Crippen LogP) is 32.0. The van der Waals surface area contributed by atoms with Crippen LogP contribution < -0.4 is 0 Å². The van der Waals surface area contributed by atoms with Crippen LogP contribution in [0.5, 0.6) is 0 Å². The fourth-order valence-electron chi connectivity index (χ4n) is 18.2. The third-order valence-electron chi connectivity index (χ3n) is 24.2. The number of fused-ring (bicyclic) bond motifs is 14. The highest BCUT2D eigenvalue weighted by molar-refractivity contribution is 6.39. The highest BCUT2D eigenvalue weighted by Crippen LogP contribution is 2.55. The van der Waals surface area contributed by atoms with Crippen LogP contribution in [0.1, 0.15) is 105 Å². The SMILES string of the molecule is CC(C)(C)c1ccc(-c2oc3c(cc4ccc5c6oc(-c7ccc(C(C)(C)C)cc7)c(-c7ccccc7)c6cc6ccc3c4c65)c2-c2ccccc2)cc1.CC(C)(C)c1ccc2c(c1)oc1c2cc2c(-c3ccc4ccccc4c3)cc3c4oc5cc(C(C)(C)C)ccc5c4cc4c(-c5ccc6ccccc6c5)cc1c2c43. The molecule has 0 N–H and O–H groups in total. The molecule has 112 heavy (non-hydrogen) atoms. The van der Waals surface area contributed by atoms with Crippen molar-refractivity contribution in [2.75, 3.05) is 0 Å². The van der Waals surface area contributed by atoms with E-state index < -0.39 is 0 Å². The summed E-state index contributed by atoms with van der Waals surface area (Å²) >= 11 is 0. The molecule has 0 unspecified atom stereocenters. The highest BCUT2D eigenvalue weighted by Gasteiger charge is 2.30. The van der Waals surface area contributed by atoms with Gasteiger partial charge >= 0.3 is 0 Å². The van der Waals surface area contributed by atoms with Gasteiger partial charge in [-0.2, -0.15) is 0 Å². The molecule has 0 spiro atoms. The van der Waals surface area contributed by atoms with E-state index in [0.29, 0.717) is 0 Å². The van der Waals surface area contributed by atoms with E-state index in [-0.39, 0.29) is 21.7 Å². The Morgan fingerprint density at radius 3 is 0.902 bits per heavy atom. The van der Waals surface area contributed by atoms with Gasteiger partial charge in [-0.1, -0.05) is 301 Å². The van der Waals surface area contributed by atoms with Crippen molar-refractivity contribution in [2.45, 2.75) is 105 Å². The summed E-state index contributed by atoms with van der Waals surface area (Å²) in [5.41, 5.74) is 22.2. The quantitative estimate of drug-likeness (QED) is 0.156. The van der Waals surface area contributed by atoms with Gasteiger partial charge in [0.1, 0.15) is 45.0 Å². The third kappa shape index (κ3) is 10.6. The van der Waals surface area contributed by atoms with Gasteiger partial charge in [0, 0.05) is 97.7 Å². The Kier molecular flexibility index (Phi) is 14.7. The van der Waals surface area contributed by atoms with Gasteiger partial charge in [-0.25, -0.2) is 0 Å². The van der Waals surface area contributed by atoms with E-state index in [1.54, 1.807) is 0 Å². The van der Waals surface area contributed by atoms with Crippen molar-refractivity contribution in [2.24, 2.45) is 0 Å². The molecule has 540 valence electrons. The van der Waals surface area contributed by atoms with Gasteiger partial charge in [0.25, 0.3) is 0 Å². The minimum Gasteiger partial charge on any atom is -0.455 e. The van der Waals surface area contributed by atoms with Gasteiger partial charge in [-0.15, -0.1) is 0 Å². The molecule has 18 aromatic carbocycles. The van der Waals surface area contributed by atoms with Crippen LogP contribution in [0, 0.1) is 0 Å². The second-order valence-corrected chi connectivity index (χ2v) is 35.5. The molecule has 22 aromatic rings. The van der Waals surface area contributed by atoms with E-state index in [1.165, 1.54) is 109 Å². The normalized spacial score (nSPS) is 12.8. The molecule has 0 bridgehead atoms. The molecule has 0 aliphatic heterocycles. The first-order chi connectivity index (χ1) is 54.0. The van der Waals surface area contributed by atoms with Gasteiger partial charge in [0.2, 0.25) is 0 Å². The number of hydrogen-bond donors (Lipinski definition) is 0. The van der Waals surface area contributed by atoms with E-state index in [9.17, 15) is 0 Å². The molecular formula is C108H84O4. The Labute approximate surface area is 650 Å². The average Bonchev–Trinajstić information content (AvgIpc) is 1.36. The second-order valence-electron chi connectivity index (χ2n) is 35.5. The molecule has 0 atom stereocenters. The Balaban J connectivity index is 0.000000142. The van der Waals surface area contributed by atoms with Crippen molar-refractivity contribution < 1.29 is 17.7 Å². The monoisotopic (exact) mass is 1440 g/mol. The molecule has 0 saturated carbocycles. The maximum absolute atomic E-state index is 7.07. The van der Waals surface area contributed by atoms with Gasteiger partial charge in [-0.3, -0.25) is 0 Å². The smallest absolute Gasteiger partial charge is 0.143 e. The Hall–Kier alpha value is -12.8. The van der Waals surface area contributed by atoms with Gasteiger partial charge in [-0.05, 0) is 193 Å². The molecule has 0 saturated heterocycles. The second kappa shape index (κ2) is 24.4. The average molecular weight is 1450 g/mol. The summed E-state index contributed by atoms with van der Waals surface area (Å²) in [5, 5.41) is 25.8. The highest BCUT2D eigenvalue weighted by atomic mass is 16.3. The van der Waals surface area contributed by atoms with Crippen LogP contribution in [0.3, 0.4) is 0 Å². The molecule has 4 nitrogen and oxygen atoms in total. The molecule has 4 aromatic heterocycles. The van der Waals surface area contributed by atoms with Crippen molar-refractivity contribution >= 4 is 152 Å². The van der Waals surface area contributed by atoms with Gasteiger partial charge < -0.3 is 17.7 Å². The number of hydrogen-bond acceptors (Lipinski definition) is 4. The first-order valence-electron chi connectivity index (χ1n) is 39.5. The molecule has 22 rings (SSSR count). The molecule has 0 radical (unpaired) electrons. The molecule has 0 amide bonds. The Morgan fingerprint density at radius 1 is 0.188 bits per heavy atom. The summed E-state index contributed by atoms with van der Waals surface area (Å²) in [6.45, 7) is 27.1. The molecule has 0 aliphatic rings. The lowest BCUT2D eigenvalue weighted by Crippen LogP contribution is -2.10. The summed E-state index contributed by atoms with van der Waals surface area (Å²) in [6.07, 6.45) is 0. The fraction of sp³-hybridized carbons (Fsp3) is 0.148. The number of benzene rings is 18. The minimum atomic E-state index is -0.00470. The van der Waals surface area contributed by atoms with E-state index in [4.69, 9.17) is 17.7 Å². The Morgan fingerprint density at radius 2 is 0.518 bits per heavy atom. The van der Waals surface area contributed by atoms with E-state index in [2.05, 4.69) is 374 Å². The summed E-state index contributed by atoms with van der Waals surface area (Å²) in [7, 11) is 0. The molecule has 0 aliphatic carbocycles. The van der Waals surface area contributed by atoms with Crippen LogP contribution in [0.4, 0.5) is 0 Å². The predicted molar refractivity (Wildman–Crippen MR) is 477 cm³/mol. The van der Waals surface area contributed by atoms with E-state index in [1.807, 2.05) is 0 Å². The first-order valence-corrected chi connectivity index (χ1v) is 39.5. The van der Waals surface area contributed by atoms with Crippen molar-refractivity contribution in [1.29, 1.82) is 0 Å². The van der Waals surface area contributed by atoms with Crippen molar-refractivity contribution in [3.63, 3.8) is 0 Å². The number of furan rings is 4. The molecule has 4 heteroatoms. The zero-order valence-corrected chi connectivity index (χ0v) is 65.3. The standard InChI is InChI=1S/C56H42O2.C52H42O2/c1-55(2,3)37-19-21-39-45-29-43-42(36-18-16-32-12-8-10-14-34(32)24-36)28-48-52-44(30-46-40-22-20-38(56(4,5)6)26-50(40)58-54(46)48)41(27-47(51(43)52)53(45)57-49(39)25-37)35-17-15-31-11-7-9-13-33(31)23-35;1-51(2,3)37-23-17-33(18-24-37)47-45(31-13-9-7-10-14-31)41-29-35-22-28-40-44-36(21-27-39(43(35)44)49(41)53-47)30-42-46(32-15-11-8-12-16-32)48(54-50(40)42)34-19-25-38(26-20-34)52(4,5)6/h7-30H,1-6H3;7-30H,1-6H3. The minimum absolute atomic E-state index is 0.00470. The maximum Gasteiger partial charge on any atom is 0.143 e. The largest absolute Gasteiger partial charge is 0.455 e.